The maximum atomic E-state index is 12.5. The minimum Gasteiger partial charge on any atom is -0.493 e. The van der Waals surface area contributed by atoms with Gasteiger partial charge >= 0.3 is 5.63 Å². The molecule has 0 saturated heterocycles. The largest absolute Gasteiger partial charge is 0.493 e. The fraction of sp³-hybridized carbons (Fsp3) is 0.136. The Morgan fingerprint density at radius 2 is 1.74 bits per heavy atom. The van der Waals surface area contributed by atoms with Gasteiger partial charge in [-0.2, -0.15) is 0 Å². The molecule has 136 valence electrons. The van der Waals surface area contributed by atoms with E-state index in [2.05, 4.69) is 0 Å². The molecule has 5 heteroatoms. The van der Waals surface area contributed by atoms with Crippen LogP contribution >= 0.6 is 11.8 Å². The van der Waals surface area contributed by atoms with Gasteiger partial charge in [-0.05, 0) is 30.0 Å². The minimum absolute atomic E-state index is 0.354. The van der Waals surface area contributed by atoms with Crippen molar-refractivity contribution in [1.82, 2.24) is 0 Å². The van der Waals surface area contributed by atoms with Gasteiger partial charge in [0.25, 0.3) is 0 Å². The van der Waals surface area contributed by atoms with Crippen LogP contribution in [0.3, 0.4) is 0 Å². The number of fused-ring (bicyclic) bond motifs is 3. The monoisotopic (exact) mass is 378 g/mol. The van der Waals surface area contributed by atoms with Crippen molar-refractivity contribution in [1.29, 1.82) is 0 Å². The van der Waals surface area contributed by atoms with Crippen LogP contribution in [0.5, 0.6) is 11.5 Å². The molecule has 0 bridgehead atoms. The molecule has 0 fully saturated rings. The third kappa shape index (κ3) is 3.38. The van der Waals surface area contributed by atoms with Gasteiger partial charge in [0.1, 0.15) is 12.2 Å². The first kappa shape index (κ1) is 17.5. The SMILES string of the molecule is COc1cc2c(cc1OCc1ccccc1)oc(=O)c1cc(SC)ccc12. The number of hydrogen-bond donors (Lipinski definition) is 0. The van der Waals surface area contributed by atoms with E-state index in [0.717, 1.165) is 21.2 Å². The van der Waals surface area contributed by atoms with Crippen LogP contribution in [0.25, 0.3) is 21.7 Å². The molecule has 0 N–H and O–H groups in total. The van der Waals surface area contributed by atoms with E-state index in [-0.39, 0.29) is 5.63 Å². The second-order valence-electron chi connectivity index (χ2n) is 6.07. The quantitative estimate of drug-likeness (QED) is 0.269. The fourth-order valence-corrected chi connectivity index (χ4v) is 3.49. The molecule has 0 atom stereocenters. The highest BCUT2D eigenvalue weighted by atomic mass is 32.2. The second kappa shape index (κ2) is 7.37. The number of methoxy groups -OCH3 is 1. The lowest BCUT2D eigenvalue weighted by Crippen LogP contribution is -2.02. The van der Waals surface area contributed by atoms with Crippen molar-refractivity contribution in [2.75, 3.05) is 13.4 Å². The average Bonchev–Trinajstić information content (AvgIpc) is 2.72. The van der Waals surface area contributed by atoms with Crippen LogP contribution in [0, 0.1) is 0 Å². The van der Waals surface area contributed by atoms with Crippen LogP contribution in [0.2, 0.25) is 0 Å². The molecule has 1 aromatic heterocycles. The molecule has 3 aromatic carbocycles. The lowest BCUT2D eigenvalue weighted by molar-refractivity contribution is 0.284. The van der Waals surface area contributed by atoms with Gasteiger partial charge < -0.3 is 13.9 Å². The van der Waals surface area contributed by atoms with Crippen molar-refractivity contribution in [3.63, 3.8) is 0 Å². The normalized spacial score (nSPS) is 11.0. The summed E-state index contributed by atoms with van der Waals surface area (Å²) in [7, 11) is 1.60. The van der Waals surface area contributed by atoms with Gasteiger partial charge in [0.2, 0.25) is 0 Å². The molecule has 0 amide bonds. The number of thioether (sulfide) groups is 1. The van der Waals surface area contributed by atoms with Crippen LogP contribution < -0.4 is 15.1 Å². The van der Waals surface area contributed by atoms with Gasteiger partial charge in [-0.15, -0.1) is 11.8 Å². The molecular formula is C22H18O4S. The van der Waals surface area contributed by atoms with Crippen LogP contribution in [0.4, 0.5) is 0 Å². The Morgan fingerprint density at radius 1 is 0.926 bits per heavy atom. The first-order valence-electron chi connectivity index (χ1n) is 8.49. The molecule has 4 aromatic rings. The summed E-state index contributed by atoms with van der Waals surface area (Å²) in [5.41, 5.74) is 1.17. The molecule has 0 saturated carbocycles. The van der Waals surface area contributed by atoms with E-state index >= 15 is 0 Å². The fourth-order valence-electron chi connectivity index (χ4n) is 3.05. The summed E-state index contributed by atoms with van der Waals surface area (Å²) in [4.78, 5) is 13.5. The van der Waals surface area contributed by atoms with Crippen molar-refractivity contribution in [3.8, 4) is 11.5 Å². The number of rotatable bonds is 5. The molecule has 0 unspecified atom stereocenters. The Balaban J connectivity index is 1.82. The predicted octanol–water partition coefficient (Wildman–Crippen LogP) is 5.26. The average molecular weight is 378 g/mol. The molecule has 27 heavy (non-hydrogen) atoms. The van der Waals surface area contributed by atoms with Crippen molar-refractivity contribution < 1.29 is 13.9 Å². The van der Waals surface area contributed by atoms with E-state index in [4.69, 9.17) is 13.9 Å². The maximum Gasteiger partial charge on any atom is 0.344 e. The molecule has 1 heterocycles. The van der Waals surface area contributed by atoms with Crippen molar-refractivity contribution in [2.45, 2.75) is 11.5 Å². The van der Waals surface area contributed by atoms with Crippen LogP contribution in [0.1, 0.15) is 5.56 Å². The Kier molecular flexibility index (Phi) is 4.77. The zero-order valence-electron chi connectivity index (χ0n) is 15.0. The summed E-state index contributed by atoms with van der Waals surface area (Å²) < 4.78 is 17.0. The zero-order chi connectivity index (χ0) is 18.8. The summed E-state index contributed by atoms with van der Waals surface area (Å²) in [6, 6.07) is 19.3. The Hall–Kier alpha value is -2.92. The summed E-state index contributed by atoms with van der Waals surface area (Å²) >= 11 is 1.59. The predicted molar refractivity (Wildman–Crippen MR) is 109 cm³/mol. The molecule has 4 rings (SSSR count). The molecule has 0 radical (unpaired) electrons. The number of hydrogen-bond acceptors (Lipinski definition) is 5. The van der Waals surface area contributed by atoms with E-state index in [1.807, 2.05) is 60.9 Å². The Morgan fingerprint density at radius 3 is 2.48 bits per heavy atom. The van der Waals surface area contributed by atoms with E-state index in [0.29, 0.717) is 29.1 Å². The van der Waals surface area contributed by atoms with Crippen LogP contribution in [0.15, 0.2) is 74.8 Å². The number of ether oxygens (including phenoxy) is 2. The van der Waals surface area contributed by atoms with E-state index in [9.17, 15) is 4.79 Å². The summed E-state index contributed by atoms with van der Waals surface area (Å²) in [5.74, 6) is 1.14. The maximum absolute atomic E-state index is 12.5. The molecule has 0 spiro atoms. The third-order valence-corrected chi connectivity index (χ3v) is 5.17. The van der Waals surface area contributed by atoms with Gasteiger partial charge in [0.05, 0.1) is 12.5 Å². The van der Waals surface area contributed by atoms with Crippen molar-refractivity contribution >= 4 is 33.5 Å². The summed E-state index contributed by atoms with van der Waals surface area (Å²) in [5, 5.41) is 2.22. The molecule has 0 aliphatic carbocycles. The van der Waals surface area contributed by atoms with Gasteiger partial charge in [0.15, 0.2) is 11.5 Å². The first-order chi connectivity index (χ1) is 13.2. The summed E-state index contributed by atoms with van der Waals surface area (Å²) in [6.45, 7) is 0.400. The standard InChI is InChI=1S/C22H18O4S/c1-24-20-11-17-16-9-8-15(27-2)10-18(16)22(23)26-19(17)12-21(20)25-13-14-6-4-3-5-7-14/h3-12H,13H2,1-2H3. The summed E-state index contributed by atoms with van der Waals surface area (Å²) in [6.07, 6.45) is 1.98. The van der Waals surface area contributed by atoms with Gasteiger partial charge in [-0.3, -0.25) is 0 Å². The van der Waals surface area contributed by atoms with E-state index in [1.54, 1.807) is 24.9 Å². The van der Waals surface area contributed by atoms with E-state index in [1.165, 1.54) is 0 Å². The van der Waals surface area contributed by atoms with Crippen LogP contribution in [-0.2, 0) is 6.61 Å². The highest BCUT2D eigenvalue weighted by molar-refractivity contribution is 7.98. The zero-order valence-corrected chi connectivity index (χ0v) is 15.8. The smallest absolute Gasteiger partial charge is 0.344 e. The second-order valence-corrected chi connectivity index (χ2v) is 6.95. The van der Waals surface area contributed by atoms with E-state index < -0.39 is 0 Å². The van der Waals surface area contributed by atoms with Gasteiger partial charge in [-0.1, -0.05) is 36.4 Å². The Labute approximate surface area is 160 Å². The highest BCUT2D eigenvalue weighted by Crippen LogP contribution is 2.36. The molecule has 0 aliphatic heterocycles. The highest BCUT2D eigenvalue weighted by Gasteiger charge is 2.14. The van der Waals surface area contributed by atoms with Crippen LogP contribution in [-0.4, -0.2) is 13.4 Å². The third-order valence-electron chi connectivity index (χ3n) is 4.44. The lowest BCUT2D eigenvalue weighted by Gasteiger charge is -2.13. The van der Waals surface area contributed by atoms with Crippen molar-refractivity contribution in [2.24, 2.45) is 0 Å². The van der Waals surface area contributed by atoms with Gasteiger partial charge in [0, 0.05) is 21.7 Å². The molecule has 0 aliphatic rings. The first-order valence-corrected chi connectivity index (χ1v) is 9.71. The molecule has 4 nitrogen and oxygen atoms in total. The number of benzene rings is 3. The topological polar surface area (TPSA) is 48.7 Å². The Bertz CT molecular complexity index is 1170. The lowest BCUT2D eigenvalue weighted by atomic mass is 10.1. The molecular weight excluding hydrogens is 360 g/mol. The minimum atomic E-state index is -0.354. The van der Waals surface area contributed by atoms with Gasteiger partial charge in [-0.25, -0.2) is 4.79 Å². The van der Waals surface area contributed by atoms with Crippen molar-refractivity contribution in [3.05, 3.63) is 76.6 Å².